The van der Waals surface area contributed by atoms with E-state index in [9.17, 15) is 0 Å². The number of rotatable bonds is 5. The molecule has 0 N–H and O–H groups in total. The molecular weight excluding hydrogens is 282 g/mol. The standard InChI is InChI=1S/C16H25N3OS/c1-2-4-13(3-1)20-14-7-9-19(10-8-14)11-15-17-18-16(21-15)12-5-6-12/h12-14H,1-11H2. The van der Waals surface area contributed by atoms with Crippen LogP contribution in [0.2, 0.25) is 0 Å². The number of hydrogen-bond acceptors (Lipinski definition) is 5. The molecule has 1 aromatic rings. The Hall–Kier alpha value is -0.520. The van der Waals surface area contributed by atoms with Gasteiger partial charge in [-0.25, -0.2) is 0 Å². The van der Waals surface area contributed by atoms with Crippen molar-refractivity contribution in [2.75, 3.05) is 13.1 Å². The zero-order chi connectivity index (χ0) is 14.1. The molecule has 0 aromatic carbocycles. The fraction of sp³-hybridized carbons (Fsp3) is 0.875. The molecule has 3 fully saturated rings. The van der Waals surface area contributed by atoms with E-state index in [0.717, 1.165) is 25.6 Å². The molecule has 5 heteroatoms. The Labute approximate surface area is 130 Å². The molecule has 21 heavy (non-hydrogen) atoms. The summed E-state index contributed by atoms with van der Waals surface area (Å²) in [5, 5.41) is 11.2. The first kappa shape index (κ1) is 14.1. The minimum Gasteiger partial charge on any atom is -0.375 e. The van der Waals surface area contributed by atoms with E-state index < -0.39 is 0 Å². The van der Waals surface area contributed by atoms with E-state index >= 15 is 0 Å². The van der Waals surface area contributed by atoms with Crippen molar-refractivity contribution in [1.82, 2.24) is 15.1 Å². The van der Waals surface area contributed by atoms with Gasteiger partial charge < -0.3 is 4.74 Å². The molecule has 0 bridgehead atoms. The lowest BCUT2D eigenvalue weighted by Gasteiger charge is -2.32. The quantitative estimate of drug-likeness (QED) is 0.836. The fourth-order valence-corrected chi connectivity index (χ4v) is 4.57. The molecule has 116 valence electrons. The first-order valence-electron chi connectivity index (χ1n) is 8.57. The lowest BCUT2D eigenvalue weighted by molar-refractivity contribution is -0.0400. The number of likely N-dealkylation sites (tertiary alicyclic amines) is 1. The van der Waals surface area contributed by atoms with Gasteiger partial charge in [0.25, 0.3) is 0 Å². The molecule has 1 aliphatic heterocycles. The molecule has 2 heterocycles. The van der Waals surface area contributed by atoms with Crippen LogP contribution in [0.15, 0.2) is 0 Å². The summed E-state index contributed by atoms with van der Waals surface area (Å²) in [4.78, 5) is 2.52. The maximum Gasteiger partial charge on any atom is 0.131 e. The van der Waals surface area contributed by atoms with Crippen molar-refractivity contribution in [3.8, 4) is 0 Å². The first-order chi connectivity index (χ1) is 10.4. The number of nitrogens with zero attached hydrogens (tertiary/aromatic N) is 3. The molecule has 0 unspecified atom stereocenters. The number of aromatic nitrogens is 2. The Kier molecular flexibility index (Phi) is 4.23. The minimum atomic E-state index is 0.501. The first-order valence-corrected chi connectivity index (χ1v) is 9.38. The fourth-order valence-electron chi connectivity index (χ4n) is 3.52. The Morgan fingerprint density at radius 3 is 2.38 bits per heavy atom. The molecule has 1 saturated heterocycles. The van der Waals surface area contributed by atoms with E-state index in [4.69, 9.17) is 4.74 Å². The summed E-state index contributed by atoms with van der Waals surface area (Å²) in [5.74, 6) is 0.738. The van der Waals surface area contributed by atoms with Gasteiger partial charge in [-0.3, -0.25) is 4.90 Å². The van der Waals surface area contributed by atoms with Gasteiger partial charge in [-0.15, -0.1) is 10.2 Å². The van der Waals surface area contributed by atoms with Crippen molar-refractivity contribution in [1.29, 1.82) is 0 Å². The summed E-state index contributed by atoms with van der Waals surface area (Å²) in [7, 11) is 0. The average molecular weight is 307 g/mol. The lowest BCUT2D eigenvalue weighted by atomic mass is 10.1. The highest BCUT2D eigenvalue weighted by Gasteiger charge is 2.28. The molecule has 1 aromatic heterocycles. The van der Waals surface area contributed by atoms with Crippen molar-refractivity contribution in [3.63, 3.8) is 0 Å². The molecular formula is C16H25N3OS. The molecule has 0 spiro atoms. The number of hydrogen-bond donors (Lipinski definition) is 0. The Bertz CT molecular complexity index is 460. The van der Waals surface area contributed by atoms with E-state index in [1.54, 1.807) is 0 Å². The summed E-state index contributed by atoms with van der Waals surface area (Å²) in [6, 6.07) is 0. The summed E-state index contributed by atoms with van der Waals surface area (Å²) in [6.07, 6.45) is 11.4. The Morgan fingerprint density at radius 2 is 1.67 bits per heavy atom. The van der Waals surface area contributed by atoms with Crippen LogP contribution in [0.1, 0.15) is 67.3 Å². The normalized spacial score (nSPS) is 25.7. The summed E-state index contributed by atoms with van der Waals surface area (Å²) < 4.78 is 6.24. The van der Waals surface area contributed by atoms with Gasteiger partial charge in [0.15, 0.2) is 0 Å². The van der Waals surface area contributed by atoms with Crippen LogP contribution < -0.4 is 0 Å². The van der Waals surface area contributed by atoms with Crippen LogP contribution in [0.25, 0.3) is 0 Å². The van der Waals surface area contributed by atoms with E-state index in [1.807, 2.05) is 11.3 Å². The maximum atomic E-state index is 6.24. The predicted molar refractivity (Wildman–Crippen MR) is 83.5 cm³/mol. The van der Waals surface area contributed by atoms with Gasteiger partial charge in [0.2, 0.25) is 0 Å². The van der Waals surface area contributed by atoms with Crippen LogP contribution in [0.5, 0.6) is 0 Å². The van der Waals surface area contributed by atoms with Gasteiger partial charge in [-0.2, -0.15) is 0 Å². The van der Waals surface area contributed by atoms with Crippen LogP contribution >= 0.6 is 11.3 Å². The highest BCUT2D eigenvalue weighted by molar-refractivity contribution is 7.11. The minimum absolute atomic E-state index is 0.501. The van der Waals surface area contributed by atoms with Crippen molar-refractivity contribution in [2.45, 2.75) is 76.0 Å². The Balaban J connectivity index is 1.22. The largest absolute Gasteiger partial charge is 0.375 e. The predicted octanol–water partition coefficient (Wildman–Crippen LogP) is 3.34. The topological polar surface area (TPSA) is 38.2 Å². The van der Waals surface area contributed by atoms with E-state index in [2.05, 4.69) is 15.1 Å². The smallest absolute Gasteiger partial charge is 0.131 e. The monoisotopic (exact) mass is 307 g/mol. The maximum absolute atomic E-state index is 6.24. The second-order valence-electron chi connectivity index (χ2n) is 6.83. The highest BCUT2D eigenvalue weighted by Crippen LogP contribution is 2.41. The second-order valence-corrected chi connectivity index (χ2v) is 7.92. The van der Waals surface area contributed by atoms with Crippen LogP contribution in [0, 0.1) is 0 Å². The third kappa shape index (κ3) is 3.63. The van der Waals surface area contributed by atoms with Crippen LogP contribution in [0.4, 0.5) is 0 Å². The van der Waals surface area contributed by atoms with Crippen molar-refractivity contribution in [2.24, 2.45) is 0 Å². The van der Waals surface area contributed by atoms with Crippen molar-refractivity contribution < 1.29 is 4.74 Å². The van der Waals surface area contributed by atoms with Gasteiger partial charge >= 0.3 is 0 Å². The van der Waals surface area contributed by atoms with Gasteiger partial charge in [0.05, 0.1) is 18.8 Å². The second kappa shape index (κ2) is 6.31. The van der Waals surface area contributed by atoms with Gasteiger partial charge in [0.1, 0.15) is 10.0 Å². The zero-order valence-corrected chi connectivity index (χ0v) is 13.5. The van der Waals surface area contributed by atoms with Gasteiger partial charge in [0, 0.05) is 19.0 Å². The van der Waals surface area contributed by atoms with Crippen LogP contribution in [-0.4, -0.2) is 40.4 Å². The molecule has 0 atom stereocenters. The van der Waals surface area contributed by atoms with Gasteiger partial charge in [-0.1, -0.05) is 24.2 Å². The molecule has 2 saturated carbocycles. The molecule has 3 aliphatic rings. The molecule has 0 amide bonds. The third-order valence-electron chi connectivity index (χ3n) is 4.99. The van der Waals surface area contributed by atoms with Crippen molar-refractivity contribution in [3.05, 3.63) is 10.0 Å². The number of piperidine rings is 1. The summed E-state index contributed by atoms with van der Waals surface area (Å²) in [5.41, 5.74) is 0. The molecule has 4 rings (SSSR count). The van der Waals surface area contributed by atoms with Crippen LogP contribution in [0.3, 0.4) is 0 Å². The van der Waals surface area contributed by atoms with Crippen LogP contribution in [-0.2, 0) is 11.3 Å². The Morgan fingerprint density at radius 1 is 0.952 bits per heavy atom. The molecule has 4 nitrogen and oxygen atoms in total. The summed E-state index contributed by atoms with van der Waals surface area (Å²) >= 11 is 1.83. The lowest BCUT2D eigenvalue weighted by Crippen LogP contribution is -2.37. The highest BCUT2D eigenvalue weighted by atomic mass is 32.1. The van der Waals surface area contributed by atoms with Crippen molar-refractivity contribution >= 4 is 11.3 Å². The van der Waals surface area contributed by atoms with E-state index in [0.29, 0.717) is 12.2 Å². The summed E-state index contributed by atoms with van der Waals surface area (Å²) in [6.45, 7) is 3.28. The van der Waals surface area contributed by atoms with E-state index in [-0.39, 0.29) is 0 Å². The third-order valence-corrected chi connectivity index (χ3v) is 6.06. The molecule has 2 aliphatic carbocycles. The zero-order valence-electron chi connectivity index (χ0n) is 12.7. The SMILES string of the molecule is C1CCC(OC2CCN(Cc3nnc(C4CC4)s3)CC2)C1. The molecule has 0 radical (unpaired) electrons. The average Bonchev–Trinajstić information content (AvgIpc) is 3.03. The van der Waals surface area contributed by atoms with Gasteiger partial charge in [-0.05, 0) is 38.5 Å². The number of ether oxygens (including phenoxy) is 1. The van der Waals surface area contributed by atoms with E-state index in [1.165, 1.54) is 61.4 Å².